The van der Waals surface area contributed by atoms with Gasteiger partial charge in [0.1, 0.15) is 17.7 Å². The smallest absolute Gasteiger partial charge is 0.123 e. The van der Waals surface area contributed by atoms with E-state index in [0.717, 1.165) is 26.1 Å². The summed E-state index contributed by atoms with van der Waals surface area (Å²) >= 11 is 0. The van der Waals surface area contributed by atoms with E-state index < -0.39 is 0 Å². The standard InChI is InChI=1S/C20H21FN2O.ClH/c21-17-7-9-18(10-8-17)24-20-11-14-23(13-4-12-22)15-19(20)16-5-2-1-3-6-16;/h1-3,5-10,19-20H,4,11,13-15H2;1H/t19-,20+;/m1./s1. The van der Waals surface area contributed by atoms with Gasteiger partial charge < -0.3 is 9.64 Å². The first-order valence-electron chi connectivity index (χ1n) is 8.33. The third-order valence-corrected chi connectivity index (χ3v) is 4.50. The molecule has 0 spiro atoms. The van der Waals surface area contributed by atoms with Crippen LogP contribution in [0.25, 0.3) is 0 Å². The summed E-state index contributed by atoms with van der Waals surface area (Å²) in [6.07, 6.45) is 1.49. The highest BCUT2D eigenvalue weighted by Gasteiger charge is 2.31. The van der Waals surface area contributed by atoms with Crippen molar-refractivity contribution in [2.45, 2.75) is 24.9 Å². The lowest BCUT2D eigenvalue weighted by atomic mass is 9.87. The second-order valence-electron chi connectivity index (χ2n) is 6.12. The molecule has 2 aromatic carbocycles. The van der Waals surface area contributed by atoms with Crippen molar-refractivity contribution in [2.75, 3.05) is 19.6 Å². The zero-order valence-electron chi connectivity index (χ0n) is 14.0. The SMILES string of the molecule is Cl.N#CCCN1CC[C@H](Oc2ccc(F)cc2)[C@@H](c2ccccc2)C1. The fraction of sp³-hybridized carbons (Fsp3) is 0.350. The Morgan fingerprint density at radius 1 is 1.12 bits per heavy atom. The number of likely N-dealkylation sites (tertiary alicyclic amines) is 1. The van der Waals surface area contributed by atoms with Crippen LogP contribution in [0.4, 0.5) is 4.39 Å². The van der Waals surface area contributed by atoms with E-state index in [4.69, 9.17) is 10.00 Å². The maximum Gasteiger partial charge on any atom is 0.123 e. The Bertz CT molecular complexity index is 687. The molecule has 0 bridgehead atoms. The first kappa shape index (κ1) is 19.2. The number of hydrogen-bond donors (Lipinski definition) is 0. The van der Waals surface area contributed by atoms with E-state index >= 15 is 0 Å². The van der Waals surface area contributed by atoms with Gasteiger partial charge >= 0.3 is 0 Å². The summed E-state index contributed by atoms with van der Waals surface area (Å²) in [5.41, 5.74) is 1.24. The molecule has 3 nitrogen and oxygen atoms in total. The highest BCUT2D eigenvalue weighted by atomic mass is 35.5. The normalized spacial score (nSPS) is 20.3. The van der Waals surface area contributed by atoms with Crippen molar-refractivity contribution >= 4 is 12.4 Å². The molecule has 1 aliphatic heterocycles. The first-order valence-corrected chi connectivity index (χ1v) is 8.33. The minimum absolute atomic E-state index is 0. The number of halogens is 2. The van der Waals surface area contributed by atoms with E-state index in [2.05, 4.69) is 23.1 Å². The molecule has 0 N–H and O–H groups in total. The van der Waals surface area contributed by atoms with Crippen molar-refractivity contribution < 1.29 is 9.13 Å². The van der Waals surface area contributed by atoms with Crippen LogP contribution >= 0.6 is 12.4 Å². The third-order valence-electron chi connectivity index (χ3n) is 4.50. The predicted octanol–water partition coefficient (Wildman–Crippen LogP) is 4.40. The van der Waals surface area contributed by atoms with Crippen LogP contribution in [0.1, 0.15) is 24.3 Å². The molecular weight excluding hydrogens is 339 g/mol. The summed E-state index contributed by atoms with van der Waals surface area (Å²) in [6.45, 7) is 2.58. The molecule has 25 heavy (non-hydrogen) atoms. The van der Waals surface area contributed by atoms with Gasteiger partial charge in [-0.3, -0.25) is 0 Å². The molecule has 132 valence electrons. The molecule has 2 atom stereocenters. The molecule has 0 aromatic heterocycles. The van der Waals surface area contributed by atoms with Crippen LogP contribution in [0.15, 0.2) is 54.6 Å². The fourth-order valence-corrected chi connectivity index (χ4v) is 3.26. The molecule has 1 fully saturated rings. The van der Waals surface area contributed by atoms with Gasteiger partial charge in [-0.1, -0.05) is 30.3 Å². The summed E-state index contributed by atoms with van der Waals surface area (Å²) in [5, 5.41) is 8.82. The molecule has 0 radical (unpaired) electrons. The number of nitrogens with zero attached hydrogens (tertiary/aromatic N) is 2. The Morgan fingerprint density at radius 2 is 1.84 bits per heavy atom. The van der Waals surface area contributed by atoms with E-state index in [-0.39, 0.29) is 30.2 Å². The molecule has 1 saturated heterocycles. The monoisotopic (exact) mass is 360 g/mol. The molecule has 0 aliphatic carbocycles. The number of ether oxygens (including phenoxy) is 1. The van der Waals surface area contributed by atoms with E-state index in [1.54, 1.807) is 12.1 Å². The zero-order chi connectivity index (χ0) is 16.8. The van der Waals surface area contributed by atoms with Gasteiger partial charge in [-0.25, -0.2) is 4.39 Å². The lowest BCUT2D eigenvalue weighted by Crippen LogP contribution is -2.44. The molecule has 1 heterocycles. The van der Waals surface area contributed by atoms with E-state index in [0.29, 0.717) is 12.2 Å². The molecule has 0 amide bonds. The first-order chi connectivity index (χ1) is 11.8. The number of piperidine rings is 1. The lowest BCUT2D eigenvalue weighted by Gasteiger charge is -2.38. The summed E-state index contributed by atoms with van der Waals surface area (Å²) in [7, 11) is 0. The minimum atomic E-state index is -0.256. The number of hydrogen-bond acceptors (Lipinski definition) is 3. The largest absolute Gasteiger partial charge is 0.490 e. The zero-order valence-corrected chi connectivity index (χ0v) is 14.8. The molecule has 1 aliphatic rings. The quantitative estimate of drug-likeness (QED) is 0.793. The number of rotatable bonds is 5. The lowest BCUT2D eigenvalue weighted by molar-refractivity contribution is 0.0788. The highest BCUT2D eigenvalue weighted by molar-refractivity contribution is 5.85. The van der Waals surface area contributed by atoms with Crippen LogP contribution < -0.4 is 4.74 Å². The van der Waals surface area contributed by atoms with Crippen LogP contribution in [0, 0.1) is 17.1 Å². The van der Waals surface area contributed by atoms with E-state index in [1.807, 2.05) is 18.2 Å². The maximum atomic E-state index is 13.1. The topological polar surface area (TPSA) is 36.3 Å². The van der Waals surface area contributed by atoms with Crippen molar-refractivity contribution in [1.82, 2.24) is 4.90 Å². The van der Waals surface area contributed by atoms with Gasteiger partial charge in [0, 0.05) is 32.0 Å². The van der Waals surface area contributed by atoms with Crippen LogP contribution in [0.5, 0.6) is 5.75 Å². The second kappa shape index (κ2) is 9.41. The van der Waals surface area contributed by atoms with E-state index in [9.17, 15) is 4.39 Å². The van der Waals surface area contributed by atoms with Crippen LogP contribution in [-0.2, 0) is 0 Å². The Labute approximate surface area is 154 Å². The molecule has 5 heteroatoms. The Hall–Kier alpha value is -2.09. The Morgan fingerprint density at radius 3 is 2.52 bits per heavy atom. The summed E-state index contributed by atoms with van der Waals surface area (Å²) in [5.74, 6) is 0.685. The predicted molar refractivity (Wildman–Crippen MR) is 98.5 cm³/mol. The Balaban J connectivity index is 0.00000225. The summed E-state index contributed by atoms with van der Waals surface area (Å²) < 4.78 is 19.3. The van der Waals surface area contributed by atoms with Crippen molar-refractivity contribution in [3.63, 3.8) is 0 Å². The van der Waals surface area contributed by atoms with Crippen LogP contribution in [0.2, 0.25) is 0 Å². The second-order valence-corrected chi connectivity index (χ2v) is 6.12. The van der Waals surface area contributed by atoms with Gasteiger partial charge in [-0.05, 0) is 36.2 Å². The van der Waals surface area contributed by atoms with Crippen LogP contribution in [-0.4, -0.2) is 30.6 Å². The van der Waals surface area contributed by atoms with Gasteiger partial charge in [-0.2, -0.15) is 5.26 Å². The van der Waals surface area contributed by atoms with Gasteiger partial charge in [0.05, 0.1) is 6.07 Å². The molecule has 3 rings (SSSR count). The van der Waals surface area contributed by atoms with Crippen molar-refractivity contribution in [1.29, 1.82) is 5.26 Å². The van der Waals surface area contributed by atoms with Gasteiger partial charge in [0.15, 0.2) is 0 Å². The molecule has 0 saturated carbocycles. The average Bonchev–Trinajstić information content (AvgIpc) is 2.63. The van der Waals surface area contributed by atoms with Crippen molar-refractivity contribution in [3.05, 3.63) is 66.0 Å². The number of benzene rings is 2. The highest BCUT2D eigenvalue weighted by Crippen LogP contribution is 2.31. The summed E-state index contributed by atoms with van der Waals surface area (Å²) in [6, 6.07) is 18.8. The fourth-order valence-electron chi connectivity index (χ4n) is 3.26. The average molecular weight is 361 g/mol. The van der Waals surface area contributed by atoms with E-state index in [1.165, 1.54) is 17.7 Å². The number of nitriles is 1. The van der Waals surface area contributed by atoms with Crippen LogP contribution in [0.3, 0.4) is 0 Å². The van der Waals surface area contributed by atoms with Gasteiger partial charge in [-0.15, -0.1) is 12.4 Å². The summed E-state index contributed by atoms with van der Waals surface area (Å²) in [4.78, 5) is 2.32. The molecular formula is C20H22ClFN2O. The third kappa shape index (κ3) is 5.19. The maximum absolute atomic E-state index is 13.1. The molecule has 0 unspecified atom stereocenters. The minimum Gasteiger partial charge on any atom is -0.490 e. The molecule has 2 aromatic rings. The Kier molecular flexibility index (Phi) is 7.24. The van der Waals surface area contributed by atoms with Gasteiger partial charge in [0.25, 0.3) is 0 Å². The van der Waals surface area contributed by atoms with Crippen molar-refractivity contribution in [3.8, 4) is 11.8 Å². The van der Waals surface area contributed by atoms with Gasteiger partial charge in [0.2, 0.25) is 0 Å². The van der Waals surface area contributed by atoms with Crippen molar-refractivity contribution in [2.24, 2.45) is 0 Å².